The van der Waals surface area contributed by atoms with Gasteiger partial charge >= 0.3 is 0 Å². The summed E-state index contributed by atoms with van der Waals surface area (Å²) in [6, 6.07) is 8.50. The molecule has 0 amide bonds. The van der Waals surface area contributed by atoms with Crippen molar-refractivity contribution in [3.8, 4) is 0 Å². The van der Waals surface area contributed by atoms with Crippen LogP contribution in [0.5, 0.6) is 0 Å². The van der Waals surface area contributed by atoms with E-state index in [-0.39, 0.29) is 0 Å². The molecular weight excluding hydrogens is 196 g/mol. The van der Waals surface area contributed by atoms with E-state index in [0.29, 0.717) is 6.04 Å². The van der Waals surface area contributed by atoms with Gasteiger partial charge < -0.3 is 10.6 Å². The highest BCUT2D eigenvalue weighted by Gasteiger charge is 2.12. The number of hydrogen-bond acceptors (Lipinski definition) is 2. The van der Waals surface area contributed by atoms with Crippen LogP contribution in [0, 0.1) is 0 Å². The summed E-state index contributed by atoms with van der Waals surface area (Å²) in [6.45, 7) is 3.19. The van der Waals surface area contributed by atoms with Crippen LogP contribution in [-0.2, 0) is 0 Å². The van der Waals surface area contributed by atoms with Crippen LogP contribution < -0.4 is 10.6 Å². The Morgan fingerprint density at radius 1 is 1.14 bits per heavy atom. The van der Waals surface area contributed by atoms with Crippen molar-refractivity contribution in [1.82, 2.24) is 10.6 Å². The van der Waals surface area contributed by atoms with E-state index in [4.69, 9.17) is 11.6 Å². The summed E-state index contributed by atoms with van der Waals surface area (Å²) < 4.78 is 0. The van der Waals surface area contributed by atoms with Crippen LogP contribution in [0.25, 0.3) is 0 Å². The maximum absolute atomic E-state index is 5.85. The minimum Gasteiger partial charge on any atom is -0.315 e. The lowest BCUT2D eigenvalue weighted by Gasteiger charge is -2.16. The van der Waals surface area contributed by atoms with Crippen molar-refractivity contribution in [2.75, 3.05) is 19.6 Å². The first-order valence-corrected chi connectivity index (χ1v) is 5.43. The fourth-order valence-corrected chi connectivity index (χ4v) is 1.87. The lowest BCUT2D eigenvalue weighted by atomic mass is 10.1. The lowest BCUT2D eigenvalue weighted by Crippen LogP contribution is -2.27. The standard InChI is InChI=1S/C11H15ClN2/c12-10-4-2-9(3-5-10)11-8-13-6-1-7-14-11/h2-5,11,13-14H,1,6-8H2. The minimum absolute atomic E-state index is 0.426. The smallest absolute Gasteiger partial charge is 0.0446 e. The van der Waals surface area contributed by atoms with Crippen molar-refractivity contribution in [2.24, 2.45) is 0 Å². The SMILES string of the molecule is Clc1ccc(C2CNCCCN2)cc1. The minimum atomic E-state index is 0.426. The molecule has 0 aromatic heterocycles. The molecule has 1 heterocycles. The first-order valence-electron chi connectivity index (χ1n) is 5.06. The maximum atomic E-state index is 5.85. The summed E-state index contributed by atoms with van der Waals surface area (Å²) in [4.78, 5) is 0. The van der Waals surface area contributed by atoms with Crippen LogP contribution >= 0.6 is 11.6 Å². The largest absolute Gasteiger partial charge is 0.315 e. The van der Waals surface area contributed by atoms with E-state index in [2.05, 4.69) is 22.8 Å². The molecule has 0 radical (unpaired) electrons. The quantitative estimate of drug-likeness (QED) is 0.741. The molecule has 1 atom stereocenters. The summed E-state index contributed by atoms with van der Waals surface area (Å²) in [7, 11) is 0. The zero-order valence-electron chi connectivity index (χ0n) is 8.09. The molecule has 0 saturated carbocycles. The molecule has 0 spiro atoms. The number of hydrogen-bond donors (Lipinski definition) is 2. The van der Waals surface area contributed by atoms with E-state index >= 15 is 0 Å². The van der Waals surface area contributed by atoms with Gasteiger partial charge in [0.15, 0.2) is 0 Å². The van der Waals surface area contributed by atoms with Gasteiger partial charge in [-0.25, -0.2) is 0 Å². The fourth-order valence-electron chi connectivity index (χ4n) is 1.74. The van der Waals surface area contributed by atoms with E-state index in [1.807, 2.05) is 12.1 Å². The van der Waals surface area contributed by atoms with Gasteiger partial charge in [0, 0.05) is 17.6 Å². The van der Waals surface area contributed by atoms with Crippen molar-refractivity contribution in [3.63, 3.8) is 0 Å². The Bertz CT molecular complexity index is 276. The molecule has 1 aromatic rings. The van der Waals surface area contributed by atoms with E-state index in [1.54, 1.807) is 0 Å². The second kappa shape index (κ2) is 4.78. The van der Waals surface area contributed by atoms with Crippen molar-refractivity contribution in [1.29, 1.82) is 0 Å². The molecule has 3 heteroatoms. The van der Waals surface area contributed by atoms with E-state index < -0.39 is 0 Å². The van der Waals surface area contributed by atoms with Crippen molar-refractivity contribution in [3.05, 3.63) is 34.9 Å². The number of halogens is 1. The first-order chi connectivity index (χ1) is 6.86. The lowest BCUT2D eigenvalue weighted by molar-refractivity contribution is 0.553. The predicted molar refractivity (Wildman–Crippen MR) is 59.7 cm³/mol. The topological polar surface area (TPSA) is 24.1 Å². The van der Waals surface area contributed by atoms with Crippen molar-refractivity contribution >= 4 is 11.6 Å². The summed E-state index contributed by atoms with van der Waals surface area (Å²) in [5.41, 5.74) is 1.31. The normalized spacial score (nSPS) is 23.1. The average Bonchev–Trinajstić information content (AvgIpc) is 2.47. The molecule has 1 unspecified atom stereocenters. The Morgan fingerprint density at radius 2 is 1.93 bits per heavy atom. The van der Waals surface area contributed by atoms with Gasteiger partial charge in [-0.05, 0) is 37.2 Å². The van der Waals surface area contributed by atoms with Crippen LogP contribution in [-0.4, -0.2) is 19.6 Å². The molecule has 0 aliphatic carbocycles. The Hall–Kier alpha value is -0.570. The Labute approximate surface area is 89.7 Å². The molecule has 1 aliphatic heterocycles. The number of rotatable bonds is 1. The van der Waals surface area contributed by atoms with Crippen LogP contribution in [0.4, 0.5) is 0 Å². The molecular formula is C11H15ClN2. The highest BCUT2D eigenvalue weighted by Crippen LogP contribution is 2.16. The summed E-state index contributed by atoms with van der Waals surface area (Å²) in [5.74, 6) is 0. The molecule has 2 rings (SSSR count). The second-order valence-corrected chi connectivity index (χ2v) is 4.05. The van der Waals surface area contributed by atoms with Crippen LogP contribution in [0.15, 0.2) is 24.3 Å². The number of benzene rings is 1. The monoisotopic (exact) mass is 210 g/mol. The fraction of sp³-hybridized carbons (Fsp3) is 0.455. The molecule has 1 aliphatic rings. The van der Waals surface area contributed by atoms with Gasteiger partial charge in [0.25, 0.3) is 0 Å². The molecule has 1 saturated heterocycles. The zero-order valence-corrected chi connectivity index (χ0v) is 8.85. The highest BCUT2D eigenvalue weighted by molar-refractivity contribution is 6.30. The van der Waals surface area contributed by atoms with Gasteiger partial charge in [0.05, 0.1) is 0 Å². The maximum Gasteiger partial charge on any atom is 0.0446 e. The third-order valence-corrected chi connectivity index (χ3v) is 2.79. The van der Waals surface area contributed by atoms with Gasteiger partial charge in [-0.2, -0.15) is 0 Å². The molecule has 14 heavy (non-hydrogen) atoms. The predicted octanol–water partition coefficient (Wildman–Crippen LogP) is 1.96. The van der Waals surface area contributed by atoms with Gasteiger partial charge in [0.2, 0.25) is 0 Å². The number of nitrogens with one attached hydrogen (secondary N) is 2. The zero-order chi connectivity index (χ0) is 9.80. The average molecular weight is 211 g/mol. The van der Waals surface area contributed by atoms with Crippen molar-refractivity contribution < 1.29 is 0 Å². The third kappa shape index (κ3) is 2.47. The summed E-state index contributed by atoms with van der Waals surface area (Å²) in [6.07, 6.45) is 1.20. The van der Waals surface area contributed by atoms with E-state index in [0.717, 1.165) is 24.7 Å². The Balaban J connectivity index is 2.08. The van der Waals surface area contributed by atoms with Gasteiger partial charge in [0.1, 0.15) is 0 Å². The molecule has 0 bridgehead atoms. The molecule has 2 N–H and O–H groups in total. The Kier molecular flexibility index (Phi) is 3.40. The van der Waals surface area contributed by atoms with Gasteiger partial charge in [-0.1, -0.05) is 23.7 Å². The van der Waals surface area contributed by atoms with E-state index in [1.165, 1.54) is 12.0 Å². The third-order valence-electron chi connectivity index (χ3n) is 2.54. The second-order valence-electron chi connectivity index (χ2n) is 3.62. The summed E-state index contributed by atoms with van der Waals surface area (Å²) in [5, 5.41) is 7.73. The Morgan fingerprint density at radius 3 is 2.71 bits per heavy atom. The molecule has 2 nitrogen and oxygen atoms in total. The molecule has 1 fully saturated rings. The van der Waals surface area contributed by atoms with Crippen LogP contribution in [0.1, 0.15) is 18.0 Å². The highest BCUT2D eigenvalue weighted by atomic mass is 35.5. The van der Waals surface area contributed by atoms with Crippen LogP contribution in [0.3, 0.4) is 0 Å². The molecule has 1 aromatic carbocycles. The van der Waals surface area contributed by atoms with E-state index in [9.17, 15) is 0 Å². The van der Waals surface area contributed by atoms with Crippen molar-refractivity contribution in [2.45, 2.75) is 12.5 Å². The van der Waals surface area contributed by atoms with Crippen LogP contribution in [0.2, 0.25) is 5.02 Å². The molecule has 76 valence electrons. The summed E-state index contributed by atoms with van der Waals surface area (Å²) >= 11 is 5.85. The van der Waals surface area contributed by atoms with Gasteiger partial charge in [-0.15, -0.1) is 0 Å². The first kappa shape index (κ1) is 9.97. The van der Waals surface area contributed by atoms with Gasteiger partial charge in [-0.3, -0.25) is 0 Å².